The van der Waals surface area contributed by atoms with Gasteiger partial charge in [-0.2, -0.15) is 17.0 Å². The van der Waals surface area contributed by atoms with Gasteiger partial charge in [0.05, 0.1) is 12.7 Å². The van der Waals surface area contributed by atoms with E-state index in [1.165, 1.54) is 11.1 Å². The van der Waals surface area contributed by atoms with E-state index in [-0.39, 0.29) is 0 Å². The number of hydrogen-bond acceptors (Lipinski definition) is 3. The summed E-state index contributed by atoms with van der Waals surface area (Å²) in [7, 11) is 1.59. The predicted octanol–water partition coefficient (Wildman–Crippen LogP) is 4.00. The molecule has 2 rings (SSSR count). The molecule has 0 heterocycles. The summed E-state index contributed by atoms with van der Waals surface area (Å²) in [5, 5.41) is 8.93. The van der Waals surface area contributed by atoms with E-state index in [0.717, 1.165) is 11.5 Å². The minimum absolute atomic E-state index is 0.583. The second kappa shape index (κ2) is 6.86. The smallest absolute Gasteiger partial charge is 0.136 e. The van der Waals surface area contributed by atoms with Crippen LogP contribution in [0.15, 0.2) is 48.5 Å². The molecule has 0 N–H and O–H groups in total. The molecule has 0 saturated carbocycles. The maximum absolute atomic E-state index is 8.93. The van der Waals surface area contributed by atoms with E-state index in [1.54, 1.807) is 7.11 Å². The van der Waals surface area contributed by atoms with Crippen molar-refractivity contribution in [3.8, 4) is 11.8 Å². The molecule has 2 nitrogen and oxygen atoms in total. The molecular formula is C16H15NOS. The highest BCUT2D eigenvalue weighted by Gasteiger charge is 2.03. The van der Waals surface area contributed by atoms with Gasteiger partial charge in [0.1, 0.15) is 11.8 Å². The fourth-order valence-corrected chi connectivity index (χ4v) is 2.72. The van der Waals surface area contributed by atoms with Crippen LogP contribution in [-0.4, -0.2) is 7.11 Å². The highest BCUT2D eigenvalue weighted by Crippen LogP contribution is 2.23. The third-order valence-electron chi connectivity index (χ3n) is 2.77. The van der Waals surface area contributed by atoms with Crippen LogP contribution < -0.4 is 4.74 Å². The Kier molecular flexibility index (Phi) is 4.88. The molecule has 0 spiro atoms. The number of methoxy groups -OCH3 is 1. The van der Waals surface area contributed by atoms with Crippen LogP contribution >= 0.6 is 11.8 Å². The molecule has 2 aromatic rings. The molecule has 3 heteroatoms. The average Bonchev–Trinajstić information content (AvgIpc) is 2.48. The molecule has 0 aliphatic rings. The van der Waals surface area contributed by atoms with E-state index in [1.807, 2.05) is 36.0 Å². The van der Waals surface area contributed by atoms with Gasteiger partial charge < -0.3 is 4.74 Å². The van der Waals surface area contributed by atoms with Crippen molar-refractivity contribution in [1.82, 2.24) is 0 Å². The number of hydrogen-bond donors (Lipinski definition) is 0. The highest BCUT2D eigenvalue weighted by molar-refractivity contribution is 7.97. The molecule has 96 valence electrons. The van der Waals surface area contributed by atoms with E-state index in [0.29, 0.717) is 11.3 Å². The van der Waals surface area contributed by atoms with E-state index in [2.05, 4.69) is 30.3 Å². The Morgan fingerprint density at radius 1 is 1.05 bits per heavy atom. The van der Waals surface area contributed by atoms with E-state index >= 15 is 0 Å². The molecular weight excluding hydrogens is 254 g/mol. The lowest BCUT2D eigenvalue weighted by Crippen LogP contribution is -1.90. The second-order valence-electron chi connectivity index (χ2n) is 4.12. The molecule has 0 saturated heterocycles. The summed E-state index contributed by atoms with van der Waals surface area (Å²) >= 11 is 1.85. The molecule has 0 aromatic heterocycles. The standard InChI is InChI=1S/C16H15NOS/c1-18-16-9-14(7-8-15(16)10-17)12-19-11-13-5-3-2-4-6-13/h2-9H,11-12H2,1H3. The molecule has 0 aliphatic carbocycles. The van der Waals surface area contributed by atoms with Crippen molar-refractivity contribution in [3.05, 3.63) is 65.2 Å². The summed E-state index contributed by atoms with van der Waals surface area (Å²) in [4.78, 5) is 0. The molecule has 0 radical (unpaired) electrons. The Bertz CT molecular complexity index is 575. The minimum Gasteiger partial charge on any atom is -0.495 e. The van der Waals surface area contributed by atoms with Crippen LogP contribution in [0.1, 0.15) is 16.7 Å². The average molecular weight is 269 g/mol. The van der Waals surface area contributed by atoms with Crippen molar-refractivity contribution in [3.63, 3.8) is 0 Å². The first-order valence-electron chi connectivity index (χ1n) is 6.02. The van der Waals surface area contributed by atoms with E-state index < -0.39 is 0 Å². The number of nitrogens with zero attached hydrogens (tertiary/aromatic N) is 1. The third-order valence-corrected chi connectivity index (χ3v) is 3.84. The van der Waals surface area contributed by atoms with Crippen molar-refractivity contribution in [2.45, 2.75) is 11.5 Å². The molecule has 0 amide bonds. The minimum atomic E-state index is 0.583. The monoisotopic (exact) mass is 269 g/mol. The topological polar surface area (TPSA) is 33.0 Å². The summed E-state index contributed by atoms with van der Waals surface area (Å²) in [5.41, 5.74) is 3.09. The first-order valence-corrected chi connectivity index (χ1v) is 7.17. The van der Waals surface area contributed by atoms with Gasteiger partial charge in [0.25, 0.3) is 0 Å². The van der Waals surface area contributed by atoms with Gasteiger partial charge in [-0.15, -0.1) is 0 Å². The summed E-state index contributed by atoms with van der Waals surface area (Å²) in [6, 6.07) is 18.3. The van der Waals surface area contributed by atoms with Crippen LogP contribution in [-0.2, 0) is 11.5 Å². The number of nitriles is 1. The Labute approximate surface area is 118 Å². The van der Waals surface area contributed by atoms with Gasteiger partial charge in [0.15, 0.2) is 0 Å². The third kappa shape index (κ3) is 3.77. The zero-order valence-electron chi connectivity index (χ0n) is 10.8. The van der Waals surface area contributed by atoms with Crippen molar-refractivity contribution in [1.29, 1.82) is 5.26 Å². The number of rotatable bonds is 5. The zero-order chi connectivity index (χ0) is 13.5. The summed E-state index contributed by atoms with van der Waals surface area (Å²) in [6.45, 7) is 0. The Morgan fingerprint density at radius 2 is 1.79 bits per heavy atom. The van der Waals surface area contributed by atoms with Gasteiger partial charge in [-0.3, -0.25) is 0 Å². The van der Waals surface area contributed by atoms with E-state index in [4.69, 9.17) is 10.00 Å². The van der Waals surface area contributed by atoms with Crippen LogP contribution in [0.5, 0.6) is 5.75 Å². The van der Waals surface area contributed by atoms with Crippen molar-refractivity contribution in [2.75, 3.05) is 7.11 Å². The van der Waals surface area contributed by atoms with Gasteiger partial charge in [-0.25, -0.2) is 0 Å². The quantitative estimate of drug-likeness (QED) is 0.822. The second-order valence-corrected chi connectivity index (χ2v) is 5.11. The lowest BCUT2D eigenvalue weighted by molar-refractivity contribution is 0.413. The maximum Gasteiger partial charge on any atom is 0.136 e. The molecule has 0 bridgehead atoms. The van der Waals surface area contributed by atoms with Crippen molar-refractivity contribution >= 4 is 11.8 Å². The van der Waals surface area contributed by atoms with Crippen LogP contribution in [0.3, 0.4) is 0 Å². The summed E-state index contributed by atoms with van der Waals surface area (Å²) in [5.74, 6) is 2.56. The molecule has 0 atom stereocenters. The summed E-state index contributed by atoms with van der Waals surface area (Å²) < 4.78 is 5.21. The number of benzene rings is 2. The Balaban J connectivity index is 1.95. The van der Waals surface area contributed by atoms with Gasteiger partial charge in [0, 0.05) is 11.5 Å². The molecule has 0 unspecified atom stereocenters. The lowest BCUT2D eigenvalue weighted by atomic mass is 10.1. The number of ether oxygens (including phenoxy) is 1. The SMILES string of the molecule is COc1cc(CSCc2ccccc2)ccc1C#N. The van der Waals surface area contributed by atoms with Crippen LogP contribution in [0, 0.1) is 11.3 Å². The first kappa shape index (κ1) is 13.5. The van der Waals surface area contributed by atoms with Crippen molar-refractivity contribution in [2.24, 2.45) is 0 Å². The van der Waals surface area contributed by atoms with Gasteiger partial charge in [-0.1, -0.05) is 36.4 Å². The maximum atomic E-state index is 8.93. The molecule has 0 aliphatic heterocycles. The molecule has 2 aromatic carbocycles. The Morgan fingerprint density at radius 3 is 2.47 bits per heavy atom. The van der Waals surface area contributed by atoms with Crippen LogP contribution in [0.2, 0.25) is 0 Å². The number of thioether (sulfide) groups is 1. The molecule has 0 fully saturated rings. The van der Waals surface area contributed by atoms with Crippen LogP contribution in [0.4, 0.5) is 0 Å². The zero-order valence-corrected chi connectivity index (χ0v) is 11.6. The largest absolute Gasteiger partial charge is 0.495 e. The van der Waals surface area contributed by atoms with Crippen molar-refractivity contribution < 1.29 is 4.74 Å². The van der Waals surface area contributed by atoms with Gasteiger partial charge in [-0.05, 0) is 23.3 Å². The van der Waals surface area contributed by atoms with Gasteiger partial charge in [0.2, 0.25) is 0 Å². The van der Waals surface area contributed by atoms with Crippen LogP contribution in [0.25, 0.3) is 0 Å². The van der Waals surface area contributed by atoms with Gasteiger partial charge >= 0.3 is 0 Å². The predicted molar refractivity (Wildman–Crippen MR) is 79.2 cm³/mol. The fourth-order valence-electron chi connectivity index (χ4n) is 1.78. The van der Waals surface area contributed by atoms with E-state index in [9.17, 15) is 0 Å². The molecule has 19 heavy (non-hydrogen) atoms. The highest BCUT2D eigenvalue weighted by atomic mass is 32.2. The first-order chi connectivity index (χ1) is 9.33. The fraction of sp³-hybridized carbons (Fsp3) is 0.188. The normalized spacial score (nSPS) is 9.89. The Hall–Kier alpha value is -1.92. The lowest BCUT2D eigenvalue weighted by Gasteiger charge is -2.06. The summed E-state index contributed by atoms with van der Waals surface area (Å²) in [6.07, 6.45) is 0.